The number of aromatic nitrogens is 2. The van der Waals surface area contributed by atoms with E-state index in [1.807, 2.05) is 18.2 Å². The van der Waals surface area contributed by atoms with Gasteiger partial charge in [0, 0.05) is 18.2 Å². The SMILES string of the molecule is O=[N+]([O-])c1ccccc1-c1nc2c(C3OCCO3)cccc2n1CCO. The molecule has 0 aliphatic carbocycles. The van der Waals surface area contributed by atoms with E-state index in [0.29, 0.717) is 30.1 Å². The molecule has 2 aromatic carbocycles. The average Bonchev–Trinajstić information content (AvgIpc) is 3.30. The summed E-state index contributed by atoms with van der Waals surface area (Å²) in [7, 11) is 0. The summed E-state index contributed by atoms with van der Waals surface area (Å²) < 4.78 is 13.0. The number of aliphatic hydroxyl groups excluding tert-OH is 1. The predicted molar refractivity (Wildman–Crippen MR) is 93.6 cm³/mol. The second-order valence-electron chi connectivity index (χ2n) is 5.87. The molecule has 2 heterocycles. The number of nitro groups is 1. The van der Waals surface area contributed by atoms with Crippen molar-refractivity contribution in [1.82, 2.24) is 9.55 Å². The summed E-state index contributed by atoms with van der Waals surface area (Å²) in [5, 5.41) is 20.9. The van der Waals surface area contributed by atoms with E-state index in [4.69, 9.17) is 9.47 Å². The number of para-hydroxylation sites is 2. The number of benzene rings is 2. The maximum absolute atomic E-state index is 11.4. The maximum atomic E-state index is 11.4. The zero-order chi connectivity index (χ0) is 18.1. The van der Waals surface area contributed by atoms with Crippen molar-refractivity contribution in [3.8, 4) is 11.4 Å². The van der Waals surface area contributed by atoms with Crippen LogP contribution in [0.3, 0.4) is 0 Å². The molecule has 1 aromatic heterocycles. The molecule has 26 heavy (non-hydrogen) atoms. The molecule has 0 saturated carbocycles. The molecule has 0 atom stereocenters. The van der Waals surface area contributed by atoms with Crippen molar-refractivity contribution < 1.29 is 19.5 Å². The first-order valence-corrected chi connectivity index (χ1v) is 8.27. The number of imidazole rings is 1. The summed E-state index contributed by atoms with van der Waals surface area (Å²) in [4.78, 5) is 15.7. The average molecular weight is 355 g/mol. The molecule has 134 valence electrons. The van der Waals surface area contributed by atoms with E-state index in [-0.39, 0.29) is 18.8 Å². The lowest BCUT2D eigenvalue weighted by molar-refractivity contribution is -0.384. The molecule has 4 rings (SSSR count). The van der Waals surface area contributed by atoms with Gasteiger partial charge in [-0.3, -0.25) is 10.1 Å². The third-order valence-corrected chi connectivity index (χ3v) is 4.35. The number of aliphatic hydroxyl groups is 1. The summed E-state index contributed by atoms with van der Waals surface area (Å²) in [5.41, 5.74) is 2.57. The fraction of sp³-hybridized carbons (Fsp3) is 0.278. The van der Waals surface area contributed by atoms with Gasteiger partial charge in [0.15, 0.2) is 6.29 Å². The molecule has 1 N–H and O–H groups in total. The van der Waals surface area contributed by atoms with Crippen LogP contribution in [-0.4, -0.2) is 39.4 Å². The van der Waals surface area contributed by atoms with Crippen LogP contribution in [0.4, 0.5) is 5.69 Å². The number of hydrogen-bond donors (Lipinski definition) is 1. The Labute approximate surface area is 148 Å². The van der Waals surface area contributed by atoms with E-state index in [0.717, 1.165) is 11.1 Å². The Kier molecular flexibility index (Phi) is 4.37. The zero-order valence-electron chi connectivity index (χ0n) is 13.9. The molecule has 0 spiro atoms. The smallest absolute Gasteiger partial charge is 0.280 e. The van der Waals surface area contributed by atoms with Crippen LogP contribution in [0.5, 0.6) is 0 Å². The van der Waals surface area contributed by atoms with E-state index >= 15 is 0 Å². The Bertz CT molecular complexity index is 963. The Hall–Kier alpha value is -2.81. The van der Waals surface area contributed by atoms with Crippen LogP contribution in [0.25, 0.3) is 22.4 Å². The first-order valence-electron chi connectivity index (χ1n) is 8.27. The Morgan fingerprint density at radius 3 is 2.69 bits per heavy atom. The molecular formula is C18H17N3O5. The van der Waals surface area contributed by atoms with Crippen molar-refractivity contribution in [3.63, 3.8) is 0 Å². The van der Waals surface area contributed by atoms with E-state index in [1.54, 1.807) is 22.8 Å². The fourth-order valence-corrected chi connectivity index (χ4v) is 3.25. The molecule has 1 aliphatic heterocycles. The molecule has 1 aliphatic rings. The lowest BCUT2D eigenvalue weighted by atomic mass is 10.1. The second kappa shape index (κ2) is 6.83. The number of ether oxygens (including phenoxy) is 2. The highest BCUT2D eigenvalue weighted by atomic mass is 16.7. The van der Waals surface area contributed by atoms with Crippen molar-refractivity contribution in [2.75, 3.05) is 19.8 Å². The van der Waals surface area contributed by atoms with E-state index in [9.17, 15) is 15.2 Å². The van der Waals surface area contributed by atoms with Crippen molar-refractivity contribution in [3.05, 3.63) is 58.1 Å². The van der Waals surface area contributed by atoms with Gasteiger partial charge in [-0.25, -0.2) is 4.98 Å². The zero-order valence-corrected chi connectivity index (χ0v) is 13.9. The van der Waals surface area contributed by atoms with Crippen LogP contribution in [0.1, 0.15) is 11.9 Å². The molecule has 0 amide bonds. The van der Waals surface area contributed by atoms with Gasteiger partial charge in [-0.15, -0.1) is 0 Å². The maximum Gasteiger partial charge on any atom is 0.280 e. The molecule has 0 unspecified atom stereocenters. The first-order chi connectivity index (χ1) is 12.7. The standard InChI is InChI=1S/C18H17N3O5/c22-9-8-20-15-7-3-5-13(18-25-10-11-26-18)16(15)19-17(20)12-4-1-2-6-14(12)21(23)24/h1-7,18,22H,8-11H2. The Morgan fingerprint density at radius 1 is 1.19 bits per heavy atom. The molecule has 0 bridgehead atoms. The highest BCUT2D eigenvalue weighted by Gasteiger charge is 2.26. The molecule has 3 aromatic rings. The minimum absolute atomic E-state index is 0.0306. The summed E-state index contributed by atoms with van der Waals surface area (Å²) >= 11 is 0. The number of nitro benzene ring substituents is 1. The first kappa shape index (κ1) is 16.6. The Morgan fingerprint density at radius 2 is 1.96 bits per heavy atom. The van der Waals surface area contributed by atoms with Crippen LogP contribution >= 0.6 is 0 Å². The number of hydrogen-bond acceptors (Lipinski definition) is 6. The van der Waals surface area contributed by atoms with Gasteiger partial charge in [-0.2, -0.15) is 0 Å². The van der Waals surface area contributed by atoms with Crippen molar-refractivity contribution in [1.29, 1.82) is 0 Å². The third-order valence-electron chi connectivity index (χ3n) is 4.35. The van der Waals surface area contributed by atoms with Crippen LogP contribution in [0.15, 0.2) is 42.5 Å². The minimum atomic E-state index is -0.505. The highest BCUT2D eigenvalue weighted by molar-refractivity contribution is 5.85. The van der Waals surface area contributed by atoms with E-state index in [1.165, 1.54) is 6.07 Å². The topological polar surface area (TPSA) is 99.7 Å². The van der Waals surface area contributed by atoms with Crippen LogP contribution in [0, 0.1) is 10.1 Å². The molecular weight excluding hydrogens is 338 g/mol. The summed E-state index contributed by atoms with van der Waals surface area (Å²) in [6.07, 6.45) is -0.505. The lowest BCUT2D eigenvalue weighted by Crippen LogP contribution is -2.05. The van der Waals surface area contributed by atoms with Gasteiger partial charge in [0.25, 0.3) is 5.69 Å². The van der Waals surface area contributed by atoms with E-state index < -0.39 is 11.2 Å². The summed E-state index contributed by atoms with van der Waals surface area (Å²) in [5.74, 6) is 0.437. The summed E-state index contributed by atoms with van der Waals surface area (Å²) in [6, 6.07) is 12.1. The third kappa shape index (κ3) is 2.74. The Balaban J connectivity index is 1.96. The minimum Gasteiger partial charge on any atom is -0.395 e. The van der Waals surface area contributed by atoms with Crippen molar-refractivity contribution in [2.45, 2.75) is 12.8 Å². The molecule has 1 fully saturated rings. The predicted octanol–water partition coefficient (Wildman–Crippen LogP) is 2.65. The van der Waals surface area contributed by atoms with Gasteiger partial charge < -0.3 is 19.1 Å². The van der Waals surface area contributed by atoms with Crippen molar-refractivity contribution in [2.24, 2.45) is 0 Å². The van der Waals surface area contributed by atoms with Gasteiger partial charge >= 0.3 is 0 Å². The monoisotopic (exact) mass is 355 g/mol. The van der Waals surface area contributed by atoms with Gasteiger partial charge in [0.2, 0.25) is 0 Å². The molecule has 8 nitrogen and oxygen atoms in total. The quantitative estimate of drug-likeness (QED) is 0.558. The number of rotatable bonds is 5. The van der Waals surface area contributed by atoms with Crippen LogP contribution in [0.2, 0.25) is 0 Å². The van der Waals surface area contributed by atoms with Gasteiger partial charge in [0.05, 0.1) is 41.3 Å². The number of fused-ring (bicyclic) bond motifs is 1. The normalized spacial score (nSPS) is 15.0. The van der Waals surface area contributed by atoms with E-state index in [2.05, 4.69) is 4.98 Å². The molecule has 1 saturated heterocycles. The number of nitrogens with zero attached hydrogens (tertiary/aromatic N) is 3. The van der Waals surface area contributed by atoms with Crippen LogP contribution < -0.4 is 0 Å². The van der Waals surface area contributed by atoms with Gasteiger partial charge in [-0.1, -0.05) is 24.3 Å². The second-order valence-corrected chi connectivity index (χ2v) is 5.87. The molecule has 0 radical (unpaired) electrons. The van der Waals surface area contributed by atoms with Crippen LogP contribution in [-0.2, 0) is 16.0 Å². The van der Waals surface area contributed by atoms with Crippen molar-refractivity contribution >= 4 is 16.7 Å². The molecule has 8 heteroatoms. The summed E-state index contributed by atoms with van der Waals surface area (Å²) in [6.45, 7) is 1.18. The largest absolute Gasteiger partial charge is 0.395 e. The van der Waals surface area contributed by atoms with Gasteiger partial charge in [0.1, 0.15) is 5.82 Å². The van der Waals surface area contributed by atoms with Gasteiger partial charge in [-0.05, 0) is 12.1 Å². The lowest BCUT2D eigenvalue weighted by Gasteiger charge is -2.10. The fourth-order valence-electron chi connectivity index (χ4n) is 3.25. The highest BCUT2D eigenvalue weighted by Crippen LogP contribution is 2.35.